The van der Waals surface area contributed by atoms with Crippen molar-refractivity contribution in [3.8, 4) is 11.4 Å². The van der Waals surface area contributed by atoms with Crippen molar-refractivity contribution in [1.29, 1.82) is 0 Å². The molecule has 0 spiro atoms. The molecule has 0 aliphatic carbocycles. The van der Waals surface area contributed by atoms with Gasteiger partial charge < -0.3 is 5.73 Å². The van der Waals surface area contributed by atoms with Crippen LogP contribution in [0.25, 0.3) is 17.0 Å². The van der Waals surface area contributed by atoms with Crippen LogP contribution in [0, 0.1) is 0 Å². The molecule has 0 atom stereocenters. The average Bonchev–Trinajstić information content (AvgIpc) is 2.77. The molecule has 6 heteroatoms. The topological polar surface area (TPSA) is 56.2 Å². The highest BCUT2D eigenvalue weighted by Crippen LogP contribution is 2.29. The lowest BCUT2D eigenvalue weighted by atomic mass is 10.2. The molecule has 0 radical (unpaired) electrons. The predicted octanol–water partition coefficient (Wildman–Crippen LogP) is 3.29. The third-order valence-electron chi connectivity index (χ3n) is 2.56. The molecule has 0 amide bonds. The Morgan fingerprint density at radius 1 is 1.17 bits per heavy atom. The van der Waals surface area contributed by atoms with Crippen LogP contribution in [0.2, 0.25) is 10.0 Å². The molecule has 1 aromatic carbocycles. The number of benzene rings is 1. The highest BCUT2D eigenvalue weighted by molar-refractivity contribution is 6.35. The van der Waals surface area contributed by atoms with Crippen molar-refractivity contribution in [3.63, 3.8) is 0 Å². The maximum atomic E-state index is 6.12. The van der Waals surface area contributed by atoms with Crippen molar-refractivity contribution in [2.75, 3.05) is 5.73 Å². The number of halogens is 2. The van der Waals surface area contributed by atoms with E-state index in [-0.39, 0.29) is 0 Å². The Morgan fingerprint density at radius 3 is 2.78 bits per heavy atom. The van der Waals surface area contributed by atoms with Crippen LogP contribution in [0.5, 0.6) is 0 Å². The Balaban J connectivity index is 2.26. The van der Waals surface area contributed by atoms with E-state index in [0.29, 0.717) is 32.8 Å². The number of fused-ring (bicyclic) bond motifs is 1. The third-order valence-corrected chi connectivity index (χ3v) is 3.13. The van der Waals surface area contributed by atoms with Gasteiger partial charge in [-0.1, -0.05) is 23.2 Å². The Labute approximate surface area is 113 Å². The van der Waals surface area contributed by atoms with Crippen LogP contribution in [-0.2, 0) is 0 Å². The molecule has 2 heterocycles. The number of nitrogen functional groups attached to an aromatic ring is 1. The lowest BCUT2D eigenvalue weighted by Crippen LogP contribution is -1.92. The van der Waals surface area contributed by atoms with E-state index < -0.39 is 0 Å². The highest BCUT2D eigenvalue weighted by atomic mass is 35.5. The quantitative estimate of drug-likeness (QED) is 0.743. The van der Waals surface area contributed by atoms with E-state index in [1.165, 1.54) is 0 Å². The van der Waals surface area contributed by atoms with Crippen LogP contribution >= 0.6 is 23.2 Å². The molecule has 0 aliphatic rings. The first kappa shape index (κ1) is 11.3. The Kier molecular flexibility index (Phi) is 2.61. The Morgan fingerprint density at radius 2 is 2.00 bits per heavy atom. The van der Waals surface area contributed by atoms with Gasteiger partial charge in [-0.25, -0.2) is 9.50 Å². The van der Waals surface area contributed by atoms with E-state index in [2.05, 4.69) is 10.1 Å². The summed E-state index contributed by atoms with van der Waals surface area (Å²) in [4.78, 5) is 4.37. The van der Waals surface area contributed by atoms with Gasteiger partial charge in [0.05, 0.1) is 10.7 Å². The van der Waals surface area contributed by atoms with Crippen molar-refractivity contribution in [2.24, 2.45) is 0 Å². The zero-order chi connectivity index (χ0) is 12.7. The summed E-state index contributed by atoms with van der Waals surface area (Å²) in [6.07, 6.45) is 1.78. The average molecular weight is 279 g/mol. The number of hydrogen-bond donors (Lipinski definition) is 1. The molecule has 3 rings (SSSR count). The number of anilines is 1. The van der Waals surface area contributed by atoms with Gasteiger partial charge in [0.25, 0.3) is 0 Å². The normalized spacial score (nSPS) is 11.0. The summed E-state index contributed by atoms with van der Waals surface area (Å²) < 4.78 is 1.61. The number of pyridine rings is 1. The van der Waals surface area contributed by atoms with E-state index >= 15 is 0 Å². The lowest BCUT2D eigenvalue weighted by molar-refractivity contribution is 0.967. The first-order valence-corrected chi connectivity index (χ1v) is 5.97. The van der Waals surface area contributed by atoms with Crippen LogP contribution in [0.3, 0.4) is 0 Å². The zero-order valence-corrected chi connectivity index (χ0v) is 10.7. The first-order valence-electron chi connectivity index (χ1n) is 5.21. The fraction of sp³-hybridized carbons (Fsp3) is 0. The van der Waals surface area contributed by atoms with Gasteiger partial charge in [-0.05, 0) is 30.3 Å². The number of aromatic nitrogens is 3. The van der Waals surface area contributed by atoms with E-state index in [1.807, 2.05) is 0 Å². The van der Waals surface area contributed by atoms with Crippen molar-refractivity contribution in [1.82, 2.24) is 14.6 Å². The number of hydrogen-bond acceptors (Lipinski definition) is 3. The maximum Gasteiger partial charge on any atom is 0.183 e. The minimum absolute atomic E-state index is 0.500. The van der Waals surface area contributed by atoms with Crippen LogP contribution in [0.4, 0.5) is 5.69 Å². The van der Waals surface area contributed by atoms with E-state index in [0.717, 1.165) is 0 Å². The number of rotatable bonds is 1. The Hall–Kier alpha value is -1.78. The molecule has 18 heavy (non-hydrogen) atoms. The highest BCUT2D eigenvalue weighted by Gasteiger charge is 2.11. The van der Waals surface area contributed by atoms with Gasteiger partial charge in [-0.2, -0.15) is 0 Å². The standard InChI is InChI=1S/C12H8Cl2N4/c13-7-3-4-9(14)8(6-7)11-16-12-10(15)2-1-5-18(12)17-11/h1-6H,15H2. The van der Waals surface area contributed by atoms with E-state index in [1.54, 1.807) is 41.0 Å². The lowest BCUT2D eigenvalue weighted by Gasteiger charge is -1.99. The first-order chi connectivity index (χ1) is 8.65. The Bertz CT molecular complexity index is 736. The van der Waals surface area contributed by atoms with E-state index in [4.69, 9.17) is 28.9 Å². The van der Waals surface area contributed by atoms with Gasteiger partial charge in [0, 0.05) is 16.8 Å². The van der Waals surface area contributed by atoms with Crippen molar-refractivity contribution in [3.05, 3.63) is 46.6 Å². The fourth-order valence-corrected chi connectivity index (χ4v) is 2.08. The van der Waals surface area contributed by atoms with Gasteiger partial charge >= 0.3 is 0 Å². The van der Waals surface area contributed by atoms with Gasteiger partial charge in [-0.15, -0.1) is 5.10 Å². The second-order valence-corrected chi connectivity index (χ2v) is 4.63. The molecule has 2 N–H and O–H groups in total. The van der Waals surface area contributed by atoms with Crippen LogP contribution in [0.1, 0.15) is 0 Å². The predicted molar refractivity (Wildman–Crippen MR) is 72.9 cm³/mol. The second kappa shape index (κ2) is 4.15. The molecule has 4 nitrogen and oxygen atoms in total. The summed E-state index contributed by atoms with van der Waals surface area (Å²) in [5.41, 5.74) is 7.69. The molecular formula is C12H8Cl2N4. The number of nitrogens with two attached hydrogens (primary N) is 1. The summed E-state index contributed by atoms with van der Waals surface area (Å²) >= 11 is 12.1. The minimum atomic E-state index is 0.500. The van der Waals surface area contributed by atoms with E-state index in [9.17, 15) is 0 Å². The van der Waals surface area contributed by atoms with Crippen LogP contribution in [-0.4, -0.2) is 14.6 Å². The van der Waals surface area contributed by atoms with Crippen molar-refractivity contribution >= 4 is 34.5 Å². The summed E-state index contributed by atoms with van der Waals surface area (Å²) in [5, 5.41) is 5.46. The molecule has 0 aliphatic heterocycles. The molecule has 2 aromatic heterocycles. The van der Waals surface area contributed by atoms with Gasteiger partial charge in [0.1, 0.15) is 0 Å². The minimum Gasteiger partial charge on any atom is -0.396 e. The van der Waals surface area contributed by atoms with Crippen LogP contribution in [0.15, 0.2) is 36.5 Å². The van der Waals surface area contributed by atoms with Gasteiger partial charge in [0.15, 0.2) is 11.5 Å². The molecule has 0 bridgehead atoms. The fourth-order valence-electron chi connectivity index (χ4n) is 1.71. The molecule has 0 saturated heterocycles. The molecular weight excluding hydrogens is 271 g/mol. The summed E-state index contributed by atoms with van der Waals surface area (Å²) in [7, 11) is 0. The summed E-state index contributed by atoms with van der Waals surface area (Å²) in [5.74, 6) is 0.500. The smallest absolute Gasteiger partial charge is 0.183 e. The van der Waals surface area contributed by atoms with Crippen LogP contribution < -0.4 is 5.73 Å². The number of nitrogens with zero attached hydrogens (tertiary/aromatic N) is 3. The molecule has 0 unspecified atom stereocenters. The molecule has 3 aromatic rings. The molecule has 0 fully saturated rings. The van der Waals surface area contributed by atoms with Crippen molar-refractivity contribution < 1.29 is 0 Å². The second-order valence-electron chi connectivity index (χ2n) is 3.79. The molecule has 0 saturated carbocycles. The summed E-state index contributed by atoms with van der Waals surface area (Å²) in [6.45, 7) is 0. The largest absolute Gasteiger partial charge is 0.396 e. The maximum absolute atomic E-state index is 6.12. The summed E-state index contributed by atoms with van der Waals surface area (Å²) in [6, 6.07) is 8.74. The van der Waals surface area contributed by atoms with Crippen molar-refractivity contribution in [2.45, 2.75) is 0 Å². The zero-order valence-electron chi connectivity index (χ0n) is 9.14. The third kappa shape index (κ3) is 1.79. The van der Waals surface area contributed by atoms with Gasteiger partial charge in [0.2, 0.25) is 0 Å². The SMILES string of the molecule is Nc1cccn2nc(-c3cc(Cl)ccc3Cl)nc12. The monoisotopic (exact) mass is 278 g/mol. The molecule has 90 valence electrons. The van der Waals surface area contributed by atoms with Gasteiger partial charge in [-0.3, -0.25) is 0 Å².